The first kappa shape index (κ1) is 15.2. The predicted molar refractivity (Wildman–Crippen MR) is 63.9 cm³/mol. The summed E-state index contributed by atoms with van der Waals surface area (Å²) in [6, 6.07) is 0. The van der Waals surface area contributed by atoms with Crippen molar-refractivity contribution < 1.29 is 0 Å². The molecule has 3 atom stereocenters. The molecule has 0 aromatic carbocycles. The van der Waals surface area contributed by atoms with E-state index in [4.69, 9.17) is 0 Å². The molecule has 0 aliphatic heterocycles. The highest BCUT2D eigenvalue weighted by molar-refractivity contribution is 4.66. The summed E-state index contributed by atoms with van der Waals surface area (Å²) in [6.45, 7) is 17.7. The second kappa shape index (κ2) is 9.83. The summed E-state index contributed by atoms with van der Waals surface area (Å²) in [5.74, 6) is 2.71. The van der Waals surface area contributed by atoms with E-state index >= 15 is 0 Å². The Hall–Kier alpha value is -0.260. The second-order valence-corrected chi connectivity index (χ2v) is 4.01. The molecular formula is C13H28. The molecule has 0 fully saturated rings. The van der Waals surface area contributed by atoms with Gasteiger partial charge in [0.2, 0.25) is 0 Å². The van der Waals surface area contributed by atoms with Crippen LogP contribution >= 0.6 is 0 Å². The Kier molecular flexibility index (Phi) is 11.5. The van der Waals surface area contributed by atoms with E-state index in [1.165, 1.54) is 19.3 Å². The van der Waals surface area contributed by atoms with Crippen LogP contribution in [-0.2, 0) is 0 Å². The monoisotopic (exact) mass is 184 g/mol. The van der Waals surface area contributed by atoms with Crippen LogP contribution in [0.15, 0.2) is 13.2 Å². The highest BCUT2D eigenvalue weighted by atomic mass is 14.2. The molecule has 0 aliphatic carbocycles. The molecule has 80 valence electrons. The fraction of sp³-hybridized carbons (Fsp3) is 0.846. The van der Waals surface area contributed by atoms with Crippen LogP contribution in [0.25, 0.3) is 0 Å². The summed E-state index contributed by atoms with van der Waals surface area (Å²) in [5.41, 5.74) is 0. The minimum absolute atomic E-state index is 0.900. The molecule has 0 saturated heterocycles. The van der Waals surface area contributed by atoms with Crippen molar-refractivity contribution in [1.82, 2.24) is 0 Å². The first-order valence-corrected chi connectivity index (χ1v) is 5.63. The van der Waals surface area contributed by atoms with E-state index in [1.807, 2.05) is 0 Å². The molecular weight excluding hydrogens is 156 g/mol. The molecule has 0 aromatic rings. The summed E-state index contributed by atoms with van der Waals surface area (Å²) in [6.07, 6.45) is 4.06. The van der Waals surface area contributed by atoms with Gasteiger partial charge in [0.15, 0.2) is 0 Å². The molecule has 0 heterocycles. The Morgan fingerprint density at radius 1 is 0.923 bits per heavy atom. The normalized spacial score (nSPS) is 16.7. The van der Waals surface area contributed by atoms with Gasteiger partial charge in [0.1, 0.15) is 0 Å². The first-order chi connectivity index (χ1) is 6.13. The third-order valence-corrected chi connectivity index (χ3v) is 3.18. The van der Waals surface area contributed by atoms with Gasteiger partial charge in [0, 0.05) is 0 Å². The van der Waals surface area contributed by atoms with Crippen molar-refractivity contribution in [3.8, 4) is 0 Å². The lowest BCUT2D eigenvalue weighted by molar-refractivity contribution is 0.259. The zero-order valence-corrected chi connectivity index (χ0v) is 10.3. The van der Waals surface area contributed by atoms with E-state index in [2.05, 4.69) is 47.8 Å². The van der Waals surface area contributed by atoms with Gasteiger partial charge in [-0.2, -0.15) is 0 Å². The van der Waals surface area contributed by atoms with Gasteiger partial charge in [0.25, 0.3) is 0 Å². The van der Waals surface area contributed by atoms with Gasteiger partial charge in [-0.1, -0.05) is 53.9 Å². The molecule has 0 radical (unpaired) electrons. The van der Waals surface area contributed by atoms with Crippen molar-refractivity contribution in [3.05, 3.63) is 13.2 Å². The van der Waals surface area contributed by atoms with E-state index in [1.54, 1.807) is 0 Å². The minimum Gasteiger partial charge on any atom is -0.106 e. The van der Waals surface area contributed by atoms with E-state index in [0.717, 1.165) is 17.8 Å². The molecule has 0 spiro atoms. The summed E-state index contributed by atoms with van der Waals surface area (Å²) >= 11 is 0. The molecule has 13 heavy (non-hydrogen) atoms. The molecule has 0 saturated carbocycles. The summed E-state index contributed by atoms with van der Waals surface area (Å²) in [4.78, 5) is 0. The largest absolute Gasteiger partial charge is 0.106 e. The SMILES string of the molecule is C=C.CCCC(C)[C@H](C)C(C)CC. The van der Waals surface area contributed by atoms with Gasteiger partial charge in [0.05, 0.1) is 0 Å². The second-order valence-electron chi connectivity index (χ2n) is 4.01. The molecule has 0 amide bonds. The zero-order chi connectivity index (χ0) is 10.9. The number of hydrogen-bond acceptors (Lipinski definition) is 0. The van der Waals surface area contributed by atoms with Crippen molar-refractivity contribution in [2.45, 2.75) is 53.9 Å². The number of hydrogen-bond donors (Lipinski definition) is 0. The fourth-order valence-electron chi connectivity index (χ4n) is 1.65. The van der Waals surface area contributed by atoms with Gasteiger partial charge in [-0.25, -0.2) is 0 Å². The standard InChI is InChI=1S/C11H24.C2H4/c1-6-8-10(4)11(5)9(3)7-2;1-2/h9-11H,6-8H2,1-5H3;1-2H2/t9?,10?,11-;/m1./s1. The van der Waals surface area contributed by atoms with Crippen molar-refractivity contribution in [1.29, 1.82) is 0 Å². The lowest BCUT2D eigenvalue weighted by Crippen LogP contribution is -2.15. The van der Waals surface area contributed by atoms with E-state index < -0.39 is 0 Å². The van der Waals surface area contributed by atoms with Crippen LogP contribution in [0, 0.1) is 17.8 Å². The zero-order valence-electron chi connectivity index (χ0n) is 10.3. The van der Waals surface area contributed by atoms with E-state index in [-0.39, 0.29) is 0 Å². The number of rotatable bonds is 5. The summed E-state index contributed by atoms with van der Waals surface area (Å²) in [5, 5.41) is 0. The van der Waals surface area contributed by atoms with Crippen molar-refractivity contribution in [3.63, 3.8) is 0 Å². The van der Waals surface area contributed by atoms with Crippen LogP contribution < -0.4 is 0 Å². The average molecular weight is 184 g/mol. The lowest BCUT2D eigenvalue weighted by Gasteiger charge is -2.24. The molecule has 0 heteroatoms. The fourth-order valence-corrected chi connectivity index (χ4v) is 1.65. The van der Waals surface area contributed by atoms with Crippen LogP contribution in [0.4, 0.5) is 0 Å². The van der Waals surface area contributed by atoms with Gasteiger partial charge < -0.3 is 0 Å². The Labute approximate surface area is 85.4 Å². The molecule has 0 aromatic heterocycles. The molecule has 2 unspecified atom stereocenters. The van der Waals surface area contributed by atoms with Gasteiger partial charge >= 0.3 is 0 Å². The van der Waals surface area contributed by atoms with E-state index in [9.17, 15) is 0 Å². The topological polar surface area (TPSA) is 0 Å². The van der Waals surface area contributed by atoms with Crippen LogP contribution in [0.5, 0.6) is 0 Å². The first-order valence-electron chi connectivity index (χ1n) is 5.63. The molecule has 0 aliphatic rings. The summed E-state index contributed by atoms with van der Waals surface area (Å²) < 4.78 is 0. The lowest BCUT2D eigenvalue weighted by atomic mass is 9.81. The Morgan fingerprint density at radius 2 is 1.38 bits per heavy atom. The van der Waals surface area contributed by atoms with Crippen LogP contribution in [0.2, 0.25) is 0 Å². The highest BCUT2D eigenvalue weighted by Crippen LogP contribution is 2.25. The van der Waals surface area contributed by atoms with Crippen molar-refractivity contribution in [2.75, 3.05) is 0 Å². The van der Waals surface area contributed by atoms with Gasteiger partial charge in [-0.05, 0) is 17.8 Å². The maximum absolute atomic E-state index is 3.00. The van der Waals surface area contributed by atoms with Crippen molar-refractivity contribution >= 4 is 0 Å². The van der Waals surface area contributed by atoms with E-state index in [0.29, 0.717) is 0 Å². The van der Waals surface area contributed by atoms with Crippen LogP contribution in [0.1, 0.15) is 53.9 Å². The minimum atomic E-state index is 0.900. The smallest absolute Gasteiger partial charge is 0.0391 e. The molecule has 0 bridgehead atoms. The molecule has 0 rings (SSSR count). The quantitative estimate of drug-likeness (QED) is 0.533. The average Bonchev–Trinajstić information content (AvgIpc) is 2.19. The predicted octanol–water partition coefficient (Wildman–Crippen LogP) is 4.91. The Morgan fingerprint density at radius 3 is 1.69 bits per heavy atom. The van der Waals surface area contributed by atoms with Gasteiger partial charge in [-0.15, -0.1) is 13.2 Å². The maximum atomic E-state index is 3.00. The van der Waals surface area contributed by atoms with Crippen LogP contribution in [-0.4, -0.2) is 0 Å². The summed E-state index contributed by atoms with van der Waals surface area (Å²) in [7, 11) is 0. The molecule has 0 nitrogen and oxygen atoms in total. The third-order valence-electron chi connectivity index (χ3n) is 3.18. The maximum Gasteiger partial charge on any atom is -0.0391 e. The highest BCUT2D eigenvalue weighted by Gasteiger charge is 2.16. The Bertz CT molecular complexity index is 96.2. The Balaban J connectivity index is 0. The third kappa shape index (κ3) is 6.86. The van der Waals surface area contributed by atoms with Crippen molar-refractivity contribution in [2.24, 2.45) is 17.8 Å². The van der Waals surface area contributed by atoms with Crippen LogP contribution in [0.3, 0.4) is 0 Å². The van der Waals surface area contributed by atoms with Gasteiger partial charge in [-0.3, -0.25) is 0 Å². The molecule has 0 N–H and O–H groups in total.